The number of fused-ring (bicyclic) bond motifs is 3. The van der Waals surface area contributed by atoms with Crippen LogP contribution in [0.3, 0.4) is 0 Å². The Labute approximate surface area is 207 Å². The first-order chi connectivity index (χ1) is 16.8. The Balaban J connectivity index is 1.41. The SMILES string of the molecule is CCC(CCNC(=O)OCC1c2ccccc2-c2ccccc21)CCC(=O)N[C@@H](C(=O)O)C(C)C. The fraction of sp³-hybridized carbons (Fsp3) is 0.464. The topological polar surface area (TPSA) is 105 Å². The number of carbonyl (C=O) groups is 3. The molecule has 0 saturated carbocycles. The molecule has 1 aliphatic rings. The summed E-state index contributed by atoms with van der Waals surface area (Å²) in [5.74, 6) is -1.19. The Bertz CT molecular complexity index is 990. The van der Waals surface area contributed by atoms with Crippen LogP contribution in [-0.2, 0) is 14.3 Å². The van der Waals surface area contributed by atoms with Crippen LogP contribution in [0.5, 0.6) is 0 Å². The molecule has 7 nitrogen and oxygen atoms in total. The number of amides is 2. The molecule has 0 aliphatic heterocycles. The van der Waals surface area contributed by atoms with E-state index in [1.54, 1.807) is 13.8 Å². The first kappa shape index (κ1) is 26.3. The van der Waals surface area contributed by atoms with E-state index in [1.165, 1.54) is 22.3 Å². The molecule has 0 saturated heterocycles. The largest absolute Gasteiger partial charge is 0.480 e. The normalized spacial score (nSPS) is 14.1. The highest BCUT2D eigenvalue weighted by Gasteiger charge is 2.29. The van der Waals surface area contributed by atoms with E-state index in [0.717, 1.165) is 12.8 Å². The third-order valence-corrected chi connectivity index (χ3v) is 6.77. The Hall–Kier alpha value is -3.35. The van der Waals surface area contributed by atoms with Crippen molar-refractivity contribution in [3.63, 3.8) is 0 Å². The fourth-order valence-electron chi connectivity index (χ4n) is 4.67. The minimum atomic E-state index is -1.02. The summed E-state index contributed by atoms with van der Waals surface area (Å²) in [5, 5.41) is 14.7. The van der Waals surface area contributed by atoms with E-state index in [9.17, 15) is 19.5 Å². The first-order valence-corrected chi connectivity index (χ1v) is 12.4. The smallest absolute Gasteiger partial charge is 0.407 e. The van der Waals surface area contributed by atoms with E-state index in [1.807, 2.05) is 31.2 Å². The van der Waals surface area contributed by atoms with Gasteiger partial charge in [-0.1, -0.05) is 75.7 Å². The van der Waals surface area contributed by atoms with Crippen molar-refractivity contribution in [3.05, 3.63) is 59.7 Å². The lowest BCUT2D eigenvalue weighted by molar-refractivity contribution is -0.143. The lowest BCUT2D eigenvalue weighted by Gasteiger charge is -2.19. The van der Waals surface area contributed by atoms with Crippen molar-refractivity contribution >= 4 is 18.0 Å². The van der Waals surface area contributed by atoms with Gasteiger partial charge >= 0.3 is 12.1 Å². The number of aliphatic carboxylic acids is 1. The van der Waals surface area contributed by atoms with E-state index in [-0.39, 0.29) is 36.7 Å². The lowest BCUT2D eigenvalue weighted by Crippen LogP contribution is -2.44. The average molecular weight is 481 g/mol. The van der Waals surface area contributed by atoms with Gasteiger partial charge in [-0.15, -0.1) is 0 Å². The minimum Gasteiger partial charge on any atom is -0.480 e. The van der Waals surface area contributed by atoms with Crippen LogP contribution < -0.4 is 10.6 Å². The summed E-state index contributed by atoms with van der Waals surface area (Å²) in [4.78, 5) is 35.8. The lowest BCUT2D eigenvalue weighted by atomic mass is 9.96. The quantitative estimate of drug-likeness (QED) is 0.399. The highest BCUT2D eigenvalue weighted by molar-refractivity contribution is 5.83. The van der Waals surface area contributed by atoms with Crippen molar-refractivity contribution in [1.82, 2.24) is 10.6 Å². The predicted octanol–water partition coefficient (Wildman–Crippen LogP) is 4.95. The summed E-state index contributed by atoms with van der Waals surface area (Å²) in [7, 11) is 0. The van der Waals surface area contributed by atoms with Gasteiger partial charge in [-0.3, -0.25) is 4.79 Å². The molecule has 188 valence electrons. The number of carboxylic acids is 1. The molecule has 0 spiro atoms. The van der Waals surface area contributed by atoms with Crippen LogP contribution in [0, 0.1) is 11.8 Å². The van der Waals surface area contributed by atoms with Gasteiger partial charge in [-0.2, -0.15) is 0 Å². The van der Waals surface area contributed by atoms with E-state index in [2.05, 4.69) is 34.9 Å². The van der Waals surface area contributed by atoms with Crippen LogP contribution in [-0.4, -0.2) is 42.3 Å². The maximum atomic E-state index is 12.4. The number of rotatable bonds is 12. The van der Waals surface area contributed by atoms with Crippen molar-refractivity contribution < 1.29 is 24.2 Å². The molecular weight excluding hydrogens is 444 g/mol. The molecule has 3 rings (SSSR count). The number of benzene rings is 2. The Morgan fingerprint density at radius 3 is 2.11 bits per heavy atom. The Morgan fingerprint density at radius 2 is 1.57 bits per heavy atom. The second kappa shape index (κ2) is 12.4. The molecule has 0 aromatic heterocycles. The molecule has 0 fully saturated rings. The van der Waals surface area contributed by atoms with Gasteiger partial charge in [0.2, 0.25) is 5.91 Å². The zero-order valence-electron chi connectivity index (χ0n) is 20.8. The van der Waals surface area contributed by atoms with Crippen molar-refractivity contribution in [2.24, 2.45) is 11.8 Å². The number of hydrogen-bond donors (Lipinski definition) is 3. The molecule has 35 heavy (non-hydrogen) atoms. The van der Waals surface area contributed by atoms with Crippen LogP contribution in [0.2, 0.25) is 0 Å². The molecule has 1 unspecified atom stereocenters. The Kier molecular flexibility index (Phi) is 9.29. The third-order valence-electron chi connectivity index (χ3n) is 6.77. The van der Waals surface area contributed by atoms with Gasteiger partial charge in [0, 0.05) is 18.9 Å². The van der Waals surface area contributed by atoms with Crippen molar-refractivity contribution in [2.45, 2.75) is 58.4 Å². The molecule has 2 aromatic rings. The van der Waals surface area contributed by atoms with E-state index >= 15 is 0 Å². The molecule has 0 heterocycles. The van der Waals surface area contributed by atoms with Crippen LogP contribution in [0.15, 0.2) is 48.5 Å². The molecule has 2 atom stereocenters. The zero-order valence-corrected chi connectivity index (χ0v) is 20.8. The predicted molar refractivity (Wildman–Crippen MR) is 135 cm³/mol. The number of ether oxygens (including phenoxy) is 1. The average Bonchev–Trinajstić information content (AvgIpc) is 3.16. The van der Waals surface area contributed by atoms with Crippen LogP contribution in [0.25, 0.3) is 11.1 Å². The van der Waals surface area contributed by atoms with E-state index in [4.69, 9.17) is 4.74 Å². The molecule has 0 bridgehead atoms. The van der Waals surface area contributed by atoms with Crippen molar-refractivity contribution in [1.29, 1.82) is 0 Å². The van der Waals surface area contributed by atoms with Gasteiger partial charge in [0.25, 0.3) is 0 Å². The van der Waals surface area contributed by atoms with Crippen LogP contribution in [0.4, 0.5) is 4.79 Å². The molecule has 1 aliphatic carbocycles. The van der Waals surface area contributed by atoms with E-state index in [0.29, 0.717) is 13.0 Å². The summed E-state index contributed by atoms with van der Waals surface area (Å²) in [6.45, 7) is 6.31. The number of nitrogens with one attached hydrogen (secondary N) is 2. The molecule has 2 amide bonds. The highest BCUT2D eigenvalue weighted by Crippen LogP contribution is 2.44. The van der Waals surface area contributed by atoms with Crippen LogP contribution >= 0.6 is 0 Å². The monoisotopic (exact) mass is 480 g/mol. The number of carboxylic acid groups (broad SMARTS) is 1. The number of hydrogen-bond acceptors (Lipinski definition) is 4. The van der Waals surface area contributed by atoms with Gasteiger partial charge in [0.05, 0.1) is 0 Å². The second-order valence-corrected chi connectivity index (χ2v) is 9.48. The molecular formula is C28H36N2O5. The van der Waals surface area contributed by atoms with Gasteiger partial charge in [0.1, 0.15) is 12.6 Å². The van der Waals surface area contributed by atoms with E-state index < -0.39 is 18.1 Å². The summed E-state index contributed by atoms with van der Waals surface area (Å²) >= 11 is 0. The number of alkyl carbamates (subject to hydrolysis) is 1. The van der Waals surface area contributed by atoms with Gasteiger partial charge in [-0.05, 0) is 46.9 Å². The van der Waals surface area contributed by atoms with Crippen molar-refractivity contribution in [2.75, 3.05) is 13.2 Å². The molecule has 2 aromatic carbocycles. The zero-order chi connectivity index (χ0) is 25.4. The van der Waals surface area contributed by atoms with Crippen LogP contribution in [0.1, 0.15) is 63.5 Å². The molecule has 0 radical (unpaired) electrons. The summed E-state index contributed by atoms with van der Waals surface area (Å²) in [5.41, 5.74) is 4.73. The fourth-order valence-corrected chi connectivity index (χ4v) is 4.67. The number of carbonyl (C=O) groups excluding carboxylic acids is 2. The molecule has 3 N–H and O–H groups in total. The maximum Gasteiger partial charge on any atom is 0.407 e. The van der Waals surface area contributed by atoms with Gasteiger partial charge < -0.3 is 20.5 Å². The summed E-state index contributed by atoms with van der Waals surface area (Å²) in [6.07, 6.45) is 2.05. The van der Waals surface area contributed by atoms with Crippen molar-refractivity contribution in [3.8, 4) is 11.1 Å². The molecule has 7 heteroatoms. The minimum absolute atomic E-state index is 0.0236. The van der Waals surface area contributed by atoms with Gasteiger partial charge in [0.15, 0.2) is 0 Å². The third kappa shape index (κ3) is 6.84. The summed E-state index contributed by atoms with van der Waals surface area (Å²) in [6, 6.07) is 15.6. The highest BCUT2D eigenvalue weighted by atomic mass is 16.5. The summed E-state index contributed by atoms with van der Waals surface area (Å²) < 4.78 is 5.57. The standard InChI is InChI=1S/C28H36N2O5/c1-4-19(13-14-25(31)30-26(18(2)3)27(32)33)15-16-29-28(34)35-17-24-22-11-7-5-9-20(22)21-10-6-8-12-23(21)24/h5-12,18-19,24,26H,4,13-17H2,1-3H3,(H,29,34)(H,30,31)(H,32,33)/t19?,26-/m1/s1. The maximum absolute atomic E-state index is 12.4. The second-order valence-electron chi connectivity index (χ2n) is 9.48. The van der Waals surface area contributed by atoms with Gasteiger partial charge in [-0.25, -0.2) is 9.59 Å². The first-order valence-electron chi connectivity index (χ1n) is 12.4. The Morgan fingerprint density at radius 1 is 0.971 bits per heavy atom.